The smallest absolute Gasteiger partial charge is 0.140 e. The molecule has 0 aliphatic rings. The zero-order valence-electron chi connectivity index (χ0n) is 12.6. The maximum atomic E-state index is 5.96. The molecule has 1 N–H and O–H groups in total. The van der Waals surface area contributed by atoms with Crippen molar-refractivity contribution in [3.63, 3.8) is 0 Å². The second kappa shape index (κ2) is 6.57. The summed E-state index contributed by atoms with van der Waals surface area (Å²) in [5, 5.41) is 7.28. The predicted octanol–water partition coefficient (Wildman–Crippen LogP) is 3.29. The molecule has 0 fully saturated rings. The Labute approximate surface area is 120 Å². The lowest BCUT2D eigenvalue weighted by Crippen LogP contribution is -2.13. The Bertz CT molecular complexity index is 556. The minimum Gasteiger partial charge on any atom is -0.488 e. The van der Waals surface area contributed by atoms with Crippen LogP contribution in [0.15, 0.2) is 22.7 Å². The van der Waals surface area contributed by atoms with Gasteiger partial charge in [-0.05, 0) is 33.4 Å². The molecule has 4 heteroatoms. The van der Waals surface area contributed by atoms with Gasteiger partial charge in [-0.3, -0.25) is 0 Å². The van der Waals surface area contributed by atoms with Crippen molar-refractivity contribution in [1.82, 2.24) is 10.5 Å². The van der Waals surface area contributed by atoms with Crippen molar-refractivity contribution in [2.45, 2.75) is 40.8 Å². The van der Waals surface area contributed by atoms with Crippen molar-refractivity contribution in [2.24, 2.45) is 0 Å². The summed E-state index contributed by atoms with van der Waals surface area (Å²) >= 11 is 0. The van der Waals surface area contributed by atoms with Crippen LogP contribution in [0.1, 0.15) is 35.1 Å². The van der Waals surface area contributed by atoms with Gasteiger partial charge >= 0.3 is 0 Å². The lowest BCUT2D eigenvalue weighted by atomic mass is 10.1. The lowest BCUT2D eigenvalue weighted by molar-refractivity contribution is 0.298. The third-order valence-electron chi connectivity index (χ3n) is 3.33. The van der Waals surface area contributed by atoms with Crippen LogP contribution in [0.25, 0.3) is 0 Å². The Balaban J connectivity index is 2.12. The second-order valence-corrected chi connectivity index (χ2v) is 4.98. The molecule has 0 aliphatic heterocycles. The Kier molecular flexibility index (Phi) is 4.79. The van der Waals surface area contributed by atoms with Crippen molar-refractivity contribution in [2.75, 3.05) is 6.54 Å². The predicted molar refractivity (Wildman–Crippen MR) is 78.9 cm³/mol. The molecule has 2 rings (SSSR count). The zero-order chi connectivity index (χ0) is 14.5. The normalized spacial score (nSPS) is 10.8. The molecule has 0 aliphatic carbocycles. The zero-order valence-corrected chi connectivity index (χ0v) is 12.6. The number of rotatable bonds is 6. The summed E-state index contributed by atoms with van der Waals surface area (Å²) in [4.78, 5) is 0. The van der Waals surface area contributed by atoms with E-state index in [1.165, 1.54) is 11.1 Å². The van der Waals surface area contributed by atoms with Gasteiger partial charge in [0, 0.05) is 12.1 Å². The van der Waals surface area contributed by atoms with Gasteiger partial charge in [-0.15, -0.1) is 0 Å². The van der Waals surface area contributed by atoms with Crippen LogP contribution in [0.4, 0.5) is 0 Å². The molecule has 2 aromatic rings. The second-order valence-electron chi connectivity index (χ2n) is 4.98. The van der Waals surface area contributed by atoms with Gasteiger partial charge in [-0.1, -0.05) is 29.8 Å². The van der Waals surface area contributed by atoms with Gasteiger partial charge < -0.3 is 14.6 Å². The highest BCUT2D eigenvalue weighted by atomic mass is 16.5. The first-order chi connectivity index (χ1) is 9.61. The Morgan fingerprint density at radius 2 is 2.05 bits per heavy atom. The fourth-order valence-electron chi connectivity index (χ4n) is 2.10. The average molecular weight is 274 g/mol. The molecule has 0 saturated carbocycles. The Morgan fingerprint density at radius 1 is 1.25 bits per heavy atom. The van der Waals surface area contributed by atoms with Gasteiger partial charge in [0.25, 0.3) is 0 Å². The molecule has 0 spiro atoms. The first-order valence-electron chi connectivity index (χ1n) is 6.96. The number of benzene rings is 1. The highest BCUT2D eigenvalue weighted by molar-refractivity contribution is 5.37. The third-order valence-corrected chi connectivity index (χ3v) is 3.33. The van der Waals surface area contributed by atoms with Gasteiger partial charge in [0.2, 0.25) is 0 Å². The topological polar surface area (TPSA) is 47.3 Å². The summed E-state index contributed by atoms with van der Waals surface area (Å²) in [5.41, 5.74) is 4.34. The molecule has 0 bridgehead atoms. The van der Waals surface area contributed by atoms with Crippen LogP contribution in [-0.2, 0) is 13.2 Å². The molecular weight excluding hydrogens is 252 g/mol. The van der Waals surface area contributed by atoms with E-state index in [0.29, 0.717) is 6.61 Å². The number of ether oxygens (including phenoxy) is 1. The molecule has 0 amide bonds. The van der Waals surface area contributed by atoms with Crippen molar-refractivity contribution in [3.8, 4) is 5.75 Å². The third kappa shape index (κ3) is 3.39. The number of nitrogens with one attached hydrogen (secondary N) is 1. The number of hydrogen-bond acceptors (Lipinski definition) is 4. The van der Waals surface area contributed by atoms with Gasteiger partial charge in [-0.25, -0.2) is 0 Å². The van der Waals surface area contributed by atoms with Gasteiger partial charge in [0.15, 0.2) is 0 Å². The highest BCUT2D eigenvalue weighted by Gasteiger charge is 2.11. The van der Waals surface area contributed by atoms with E-state index in [2.05, 4.69) is 36.5 Å². The number of aromatic nitrogens is 1. The van der Waals surface area contributed by atoms with E-state index in [4.69, 9.17) is 9.26 Å². The quantitative estimate of drug-likeness (QED) is 0.878. The van der Waals surface area contributed by atoms with Crippen LogP contribution in [0, 0.1) is 20.8 Å². The Morgan fingerprint density at radius 3 is 2.70 bits per heavy atom. The maximum Gasteiger partial charge on any atom is 0.140 e. The van der Waals surface area contributed by atoms with Crippen molar-refractivity contribution >= 4 is 0 Å². The highest BCUT2D eigenvalue weighted by Crippen LogP contribution is 2.22. The number of aryl methyl sites for hydroxylation is 3. The molecule has 4 nitrogen and oxygen atoms in total. The Hall–Kier alpha value is -1.81. The minimum absolute atomic E-state index is 0.489. The molecule has 0 saturated heterocycles. The summed E-state index contributed by atoms with van der Waals surface area (Å²) in [6, 6.07) is 6.25. The van der Waals surface area contributed by atoms with E-state index < -0.39 is 0 Å². The van der Waals surface area contributed by atoms with E-state index in [1.54, 1.807) is 0 Å². The van der Waals surface area contributed by atoms with Gasteiger partial charge in [0.05, 0.1) is 11.3 Å². The summed E-state index contributed by atoms with van der Waals surface area (Å²) in [7, 11) is 0. The van der Waals surface area contributed by atoms with E-state index in [0.717, 1.165) is 35.9 Å². The molecule has 0 radical (unpaired) electrons. The molecule has 0 atom stereocenters. The fraction of sp³-hybridized carbons (Fsp3) is 0.438. The standard InChI is InChI=1S/C16H22N2O2/c1-5-17-9-14-8-11(2)6-7-16(14)19-10-15-12(3)18-20-13(15)4/h6-8,17H,5,9-10H2,1-4H3. The lowest BCUT2D eigenvalue weighted by Gasteiger charge is -2.12. The average Bonchev–Trinajstić information content (AvgIpc) is 2.75. The summed E-state index contributed by atoms with van der Waals surface area (Å²) in [6.07, 6.45) is 0. The van der Waals surface area contributed by atoms with Crippen LogP contribution in [0.5, 0.6) is 5.75 Å². The SMILES string of the molecule is CCNCc1cc(C)ccc1OCc1c(C)noc1C. The van der Waals surface area contributed by atoms with Crippen LogP contribution in [0.3, 0.4) is 0 Å². The minimum atomic E-state index is 0.489. The monoisotopic (exact) mass is 274 g/mol. The van der Waals surface area contributed by atoms with E-state index >= 15 is 0 Å². The first kappa shape index (κ1) is 14.6. The summed E-state index contributed by atoms with van der Waals surface area (Å²) in [5.74, 6) is 1.74. The van der Waals surface area contributed by atoms with Crippen LogP contribution in [0.2, 0.25) is 0 Å². The molecule has 1 aromatic heterocycles. The molecule has 108 valence electrons. The van der Waals surface area contributed by atoms with Crippen LogP contribution in [-0.4, -0.2) is 11.7 Å². The van der Waals surface area contributed by atoms with Crippen molar-refractivity contribution < 1.29 is 9.26 Å². The summed E-state index contributed by atoms with van der Waals surface area (Å²) < 4.78 is 11.1. The van der Waals surface area contributed by atoms with Crippen LogP contribution >= 0.6 is 0 Å². The van der Waals surface area contributed by atoms with Crippen molar-refractivity contribution in [3.05, 3.63) is 46.3 Å². The molecule has 1 heterocycles. The van der Waals surface area contributed by atoms with Gasteiger partial charge in [0.1, 0.15) is 18.1 Å². The van der Waals surface area contributed by atoms with E-state index in [9.17, 15) is 0 Å². The van der Waals surface area contributed by atoms with E-state index in [1.807, 2.05) is 19.9 Å². The molecule has 0 unspecified atom stereocenters. The maximum absolute atomic E-state index is 5.96. The molecule has 1 aromatic carbocycles. The van der Waals surface area contributed by atoms with Gasteiger partial charge in [-0.2, -0.15) is 0 Å². The fourth-order valence-corrected chi connectivity index (χ4v) is 2.10. The number of hydrogen-bond donors (Lipinski definition) is 1. The van der Waals surface area contributed by atoms with Crippen LogP contribution < -0.4 is 10.1 Å². The first-order valence-corrected chi connectivity index (χ1v) is 6.96. The largest absolute Gasteiger partial charge is 0.488 e. The van der Waals surface area contributed by atoms with E-state index in [-0.39, 0.29) is 0 Å². The molecule has 20 heavy (non-hydrogen) atoms. The molecular formula is C16H22N2O2. The van der Waals surface area contributed by atoms with Crippen molar-refractivity contribution in [1.29, 1.82) is 0 Å². The number of nitrogens with zero attached hydrogens (tertiary/aromatic N) is 1. The summed E-state index contributed by atoms with van der Waals surface area (Å²) in [6.45, 7) is 10.3.